The summed E-state index contributed by atoms with van der Waals surface area (Å²) in [6.45, 7) is 9.82. The van der Waals surface area contributed by atoms with Gasteiger partial charge >= 0.3 is 0 Å². The lowest BCUT2D eigenvalue weighted by atomic mass is 9.76. The lowest BCUT2D eigenvalue weighted by molar-refractivity contribution is 0.793. The zero-order valence-electron chi connectivity index (χ0n) is 19.7. The summed E-state index contributed by atoms with van der Waals surface area (Å²) >= 11 is 0. The molecule has 0 radical (unpaired) electrons. The van der Waals surface area contributed by atoms with Gasteiger partial charge in [-0.15, -0.1) is 0 Å². The normalized spacial score (nSPS) is 17.6. The Morgan fingerprint density at radius 2 is 0.594 bits per heavy atom. The minimum atomic E-state index is 1.17. The summed E-state index contributed by atoms with van der Waals surface area (Å²) in [5.74, 6) is 0. The third-order valence-corrected chi connectivity index (χ3v) is 10.4. The number of hydrogen-bond acceptors (Lipinski definition) is 0. The maximum Gasteiger partial charge on any atom is -0.000752 e. The van der Waals surface area contributed by atoms with E-state index in [1.807, 2.05) is 0 Å². The Morgan fingerprint density at radius 3 is 0.875 bits per heavy atom. The van der Waals surface area contributed by atoms with E-state index in [0.29, 0.717) is 0 Å². The molecule has 5 aromatic rings. The highest BCUT2D eigenvalue weighted by Crippen LogP contribution is 2.58. The van der Waals surface area contributed by atoms with Crippen LogP contribution in [0.15, 0.2) is 0 Å². The van der Waals surface area contributed by atoms with Gasteiger partial charge in [0.05, 0.1) is 0 Å². The van der Waals surface area contributed by atoms with Crippen molar-refractivity contribution in [3.63, 3.8) is 0 Å². The summed E-state index contributed by atoms with van der Waals surface area (Å²) in [6.07, 6.45) is 10.1. The highest BCUT2D eigenvalue weighted by molar-refractivity contribution is 6.39. The van der Waals surface area contributed by atoms with Crippen LogP contribution in [0.25, 0.3) is 43.1 Å². The van der Waals surface area contributed by atoms with E-state index in [1.54, 1.807) is 110 Å². The van der Waals surface area contributed by atoms with Crippen LogP contribution in [0, 0.1) is 27.7 Å². The first kappa shape index (κ1) is 17.0. The highest BCUT2D eigenvalue weighted by Gasteiger charge is 2.37. The molecule has 0 nitrogen and oxygen atoms in total. The molecule has 0 unspecified atom stereocenters. The molecule has 5 aromatic carbocycles. The smallest absolute Gasteiger partial charge is 0.000752 e. The Bertz CT molecular complexity index is 1540. The topological polar surface area (TPSA) is 0 Å². The molecule has 4 aliphatic rings. The van der Waals surface area contributed by atoms with E-state index < -0.39 is 0 Å². The van der Waals surface area contributed by atoms with Crippen molar-refractivity contribution >= 4 is 43.1 Å². The molecule has 0 spiro atoms. The number of benzene rings is 5. The van der Waals surface area contributed by atoms with E-state index in [4.69, 9.17) is 0 Å². The molecule has 0 amide bonds. The third-order valence-electron chi connectivity index (χ3n) is 10.4. The van der Waals surface area contributed by atoms with Crippen LogP contribution in [0.4, 0.5) is 0 Å². The second kappa shape index (κ2) is 4.98. The average Bonchev–Trinajstić information content (AvgIpc) is 3.40. The van der Waals surface area contributed by atoms with Crippen LogP contribution >= 0.6 is 0 Å². The molecule has 0 aromatic heterocycles. The van der Waals surface area contributed by atoms with Crippen LogP contribution in [-0.2, 0) is 38.5 Å². The number of hydrogen-bond donors (Lipinski definition) is 0. The molecule has 9 rings (SSSR count). The molecule has 0 saturated heterocycles. The van der Waals surface area contributed by atoms with Crippen molar-refractivity contribution in [2.75, 3.05) is 0 Å². The van der Waals surface area contributed by atoms with Gasteiger partial charge in [-0.1, -0.05) is 0 Å². The van der Waals surface area contributed by atoms with Crippen LogP contribution in [0.3, 0.4) is 0 Å². The van der Waals surface area contributed by atoms with E-state index in [-0.39, 0.29) is 0 Å². The van der Waals surface area contributed by atoms with Crippen molar-refractivity contribution in [3.05, 3.63) is 66.8 Å². The molecule has 0 saturated carbocycles. The molecule has 0 heteroatoms. The van der Waals surface area contributed by atoms with Crippen molar-refractivity contribution in [2.24, 2.45) is 0 Å². The molecule has 0 atom stereocenters. The maximum absolute atomic E-state index is 2.46. The Morgan fingerprint density at radius 1 is 0.312 bits per heavy atom. The molecule has 0 bridgehead atoms. The van der Waals surface area contributed by atoms with Gasteiger partial charge in [-0.05, 0) is 189 Å². The van der Waals surface area contributed by atoms with Crippen molar-refractivity contribution in [2.45, 2.75) is 79.1 Å². The minimum absolute atomic E-state index is 1.17. The SMILES string of the molecule is Cc1c2c3c(c(C)c4c5c6c(c(C)c7c8c(c(C)c9c(c(c1C9)c35)c86)CCC7)C4)CCC2. The molecule has 0 N–H and O–H groups in total. The zero-order valence-corrected chi connectivity index (χ0v) is 19.7. The van der Waals surface area contributed by atoms with Crippen molar-refractivity contribution in [1.82, 2.24) is 0 Å². The van der Waals surface area contributed by atoms with E-state index in [9.17, 15) is 0 Å². The fraction of sp³-hybridized carbons (Fsp3) is 0.375. The van der Waals surface area contributed by atoms with Crippen molar-refractivity contribution in [3.8, 4) is 0 Å². The molecule has 156 valence electrons. The van der Waals surface area contributed by atoms with E-state index in [0.717, 1.165) is 0 Å². The van der Waals surface area contributed by atoms with Gasteiger partial charge in [0, 0.05) is 0 Å². The van der Waals surface area contributed by atoms with Gasteiger partial charge in [0.1, 0.15) is 0 Å². The maximum atomic E-state index is 2.46. The van der Waals surface area contributed by atoms with Gasteiger partial charge in [-0.2, -0.15) is 0 Å². The first-order chi connectivity index (χ1) is 15.6. The van der Waals surface area contributed by atoms with E-state index in [2.05, 4.69) is 27.7 Å². The molecule has 0 heterocycles. The van der Waals surface area contributed by atoms with Crippen LogP contribution in [-0.4, -0.2) is 0 Å². The Labute approximate surface area is 188 Å². The predicted molar refractivity (Wildman–Crippen MR) is 136 cm³/mol. The van der Waals surface area contributed by atoms with E-state index in [1.165, 1.54) is 51.4 Å². The Balaban J connectivity index is 1.74. The lowest BCUT2D eigenvalue weighted by Gasteiger charge is -2.28. The average molecular weight is 413 g/mol. The second-order valence-corrected chi connectivity index (χ2v) is 11.4. The lowest BCUT2D eigenvalue weighted by Crippen LogP contribution is -2.09. The molecule has 4 aliphatic carbocycles. The first-order valence-corrected chi connectivity index (χ1v) is 12.8. The van der Waals surface area contributed by atoms with Crippen LogP contribution < -0.4 is 0 Å². The quantitative estimate of drug-likeness (QED) is 0.176. The fourth-order valence-corrected chi connectivity index (χ4v) is 9.02. The van der Waals surface area contributed by atoms with Crippen LogP contribution in [0.1, 0.15) is 79.6 Å². The third kappa shape index (κ3) is 1.49. The molecule has 0 aliphatic heterocycles. The Hall–Kier alpha value is -2.60. The second-order valence-electron chi connectivity index (χ2n) is 11.4. The van der Waals surface area contributed by atoms with Crippen LogP contribution in [0.2, 0.25) is 0 Å². The summed E-state index contributed by atoms with van der Waals surface area (Å²) in [5.41, 5.74) is 20.0. The first-order valence-electron chi connectivity index (χ1n) is 12.8. The van der Waals surface area contributed by atoms with Crippen LogP contribution in [0.5, 0.6) is 0 Å². The van der Waals surface area contributed by atoms with Gasteiger partial charge in [-0.25, -0.2) is 0 Å². The van der Waals surface area contributed by atoms with Crippen molar-refractivity contribution in [1.29, 1.82) is 0 Å². The zero-order chi connectivity index (χ0) is 21.2. The monoisotopic (exact) mass is 412 g/mol. The number of aryl methyl sites for hydroxylation is 4. The highest BCUT2D eigenvalue weighted by atomic mass is 14.4. The summed E-state index contributed by atoms with van der Waals surface area (Å²) in [4.78, 5) is 0. The number of rotatable bonds is 0. The van der Waals surface area contributed by atoms with Gasteiger partial charge in [-0.3, -0.25) is 0 Å². The van der Waals surface area contributed by atoms with E-state index >= 15 is 0 Å². The minimum Gasteiger partial charge on any atom is -0.0451 e. The molecule has 32 heavy (non-hydrogen) atoms. The van der Waals surface area contributed by atoms with Gasteiger partial charge in [0.15, 0.2) is 0 Å². The molecule has 0 fully saturated rings. The fourth-order valence-electron chi connectivity index (χ4n) is 9.02. The summed E-state index contributed by atoms with van der Waals surface area (Å²) < 4.78 is 0. The van der Waals surface area contributed by atoms with Gasteiger partial charge < -0.3 is 0 Å². The van der Waals surface area contributed by atoms with Gasteiger partial charge in [0.2, 0.25) is 0 Å². The standard InChI is InChI=1S/C32H28/c1-13-17-7-5-8-18-14(2)23-12-24-16(4)20-10-6-9-19-15(3)22-11-21(13)27-28(22)32(26(19)20)30(24)29(23)31(27)25(17)18/h5-12H2,1-4H3. The summed E-state index contributed by atoms with van der Waals surface area (Å²) in [7, 11) is 0. The predicted octanol–water partition coefficient (Wildman–Crippen LogP) is 7.76. The van der Waals surface area contributed by atoms with Crippen molar-refractivity contribution < 1.29 is 0 Å². The summed E-state index contributed by atoms with van der Waals surface area (Å²) in [5, 5.41) is 13.4. The molecular weight excluding hydrogens is 384 g/mol. The summed E-state index contributed by atoms with van der Waals surface area (Å²) in [6, 6.07) is 0. The van der Waals surface area contributed by atoms with Gasteiger partial charge in [0.25, 0.3) is 0 Å². The Kier molecular flexibility index (Phi) is 2.64. The molecular formula is C32H28. The largest absolute Gasteiger partial charge is 0.0451 e.